The van der Waals surface area contributed by atoms with Gasteiger partial charge in [-0.2, -0.15) is 4.57 Å². The number of hydrogen-bond acceptors (Lipinski definition) is 2. The zero-order valence-corrected chi connectivity index (χ0v) is 19.9. The molecular formula is C32H26NO3+. The van der Waals surface area contributed by atoms with Crippen LogP contribution < -0.4 is 4.57 Å². The fraction of sp³-hybridized carbons (Fsp3) is 0.0625. The Labute approximate surface area is 210 Å². The van der Waals surface area contributed by atoms with Crippen LogP contribution in [0.4, 0.5) is 0 Å². The minimum absolute atomic E-state index is 0.0905. The van der Waals surface area contributed by atoms with E-state index in [1.165, 1.54) is 16.7 Å². The first-order chi connectivity index (χ1) is 17.5. The number of carboxylic acid groups (broad SMARTS) is 1. The summed E-state index contributed by atoms with van der Waals surface area (Å²) in [4.78, 5) is 11.9. The van der Waals surface area contributed by atoms with E-state index in [2.05, 4.69) is 60.7 Å². The molecule has 0 aliphatic heterocycles. The van der Waals surface area contributed by atoms with Gasteiger partial charge in [0, 0.05) is 18.1 Å². The number of fused-ring (bicyclic) bond motifs is 1. The SMILES string of the molecule is C[n+]1c(C=Cc2ccc(C(c3ccccc3)c3ccccc3)cc2)c(O)c(C(=O)O)c2ccccc21. The van der Waals surface area contributed by atoms with Gasteiger partial charge in [-0.25, -0.2) is 4.79 Å². The Kier molecular flexibility index (Phi) is 6.33. The van der Waals surface area contributed by atoms with Crippen LogP contribution in [-0.4, -0.2) is 16.2 Å². The number of benzene rings is 4. The predicted octanol–water partition coefficient (Wildman–Crippen LogP) is 6.42. The highest BCUT2D eigenvalue weighted by Crippen LogP contribution is 2.32. The summed E-state index contributed by atoms with van der Waals surface area (Å²) >= 11 is 0. The van der Waals surface area contributed by atoms with Crippen LogP contribution >= 0.6 is 0 Å². The summed E-state index contributed by atoms with van der Waals surface area (Å²) in [6, 6.07) is 36.4. The summed E-state index contributed by atoms with van der Waals surface area (Å²) < 4.78 is 1.81. The number of carboxylic acids is 1. The molecule has 0 aliphatic carbocycles. The van der Waals surface area contributed by atoms with E-state index in [4.69, 9.17) is 0 Å². The third-order valence-electron chi connectivity index (χ3n) is 6.56. The number of aromatic carboxylic acids is 1. The molecule has 4 nitrogen and oxygen atoms in total. The number of para-hydroxylation sites is 1. The van der Waals surface area contributed by atoms with E-state index in [1.807, 2.05) is 54.1 Å². The van der Waals surface area contributed by atoms with Gasteiger partial charge < -0.3 is 10.2 Å². The highest BCUT2D eigenvalue weighted by Gasteiger charge is 2.25. The van der Waals surface area contributed by atoms with Crippen molar-refractivity contribution in [3.63, 3.8) is 0 Å². The Bertz CT molecular complexity index is 1520. The molecule has 5 rings (SSSR count). The Morgan fingerprint density at radius 3 is 1.83 bits per heavy atom. The molecule has 0 atom stereocenters. The molecule has 4 heteroatoms. The van der Waals surface area contributed by atoms with Crippen LogP contribution in [0.3, 0.4) is 0 Å². The fourth-order valence-corrected chi connectivity index (χ4v) is 4.77. The Morgan fingerprint density at radius 2 is 1.25 bits per heavy atom. The molecule has 0 saturated heterocycles. The maximum absolute atomic E-state index is 11.9. The molecule has 36 heavy (non-hydrogen) atoms. The first kappa shape index (κ1) is 23.1. The van der Waals surface area contributed by atoms with Crippen LogP contribution in [0, 0.1) is 0 Å². The van der Waals surface area contributed by atoms with E-state index >= 15 is 0 Å². The molecule has 5 aromatic rings. The van der Waals surface area contributed by atoms with Crippen LogP contribution in [0.5, 0.6) is 5.75 Å². The lowest BCUT2D eigenvalue weighted by Crippen LogP contribution is -2.33. The lowest BCUT2D eigenvalue weighted by atomic mass is 9.85. The van der Waals surface area contributed by atoms with Gasteiger partial charge in [-0.1, -0.05) is 97.1 Å². The molecule has 1 heterocycles. The van der Waals surface area contributed by atoms with Gasteiger partial charge >= 0.3 is 5.97 Å². The van der Waals surface area contributed by atoms with E-state index in [0.29, 0.717) is 11.1 Å². The van der Waals surface area contributed by atoms with Gasteiger partial charge in [-0.05, 0) is 34.4 Å². The molecule has 0 saturated carbocycles. The molecule has 4 aromatic carbocycles. The monoisotopic (exact) mass is 472 g/mol. The van der Waals surface area contributed by atoms with Gasteiger partial charge in [0.1, 0.15) is 12.6 Å². The summed E-state index contributed by atoms with van der Waals surface area (Å²) in [6.07, 6.45) is 3.65. The van der Waals surface area contributed by atoms with E-state index < -0.39 is 5.97 Å². The van der Waals surface area contributed by atoms with Crippen LogP contribution in [0.2, 0.25) is 0 Å². The van der Waals surface area contributed by atoms with E-state index in [1.54, 1.807) is 18.2 Å². The molecule has 2 N–H and O–H groups in total. The Balaban J connectivity index is 1.52. The number of aromatic hydroxyl groups is 1. The van der Waals surface area contributed by atoms with Crippen LogP contribution in [0.25, 0.3) is 23.1 Å². The minimum atomic E-state index is -1.16. The maximum atomic E-state index is 11.9. The highest BCUT2D eigenvalue weighted by atomic mass is 16.4. The van der Waals surface area contributed by atoms with E-state index in [-0.39, 0.29) is 17.2 Å². The van der Waals surface area contributed by atoms with Crippen molar-refractivity contribution in [3.8, 4) is 5.75 Å². The zero-order chi connectivity index (χ0) is 25.1. The average molecular weight is 473 g/mol. The molecule has 1 aromatic heterocycles. The van der Waals surface area contributed by atoms with E-state index in [0.717, 1.165) is 11.1 Å². The van der Waals surface area contributed by atoms with Crippen molar-refractivity contribution >= 4 is 29.0 Å². The molecule has 0 unspecified atom stereocenters. The number of aryl methyl sites for hydroxylation is 1. The second kappa shape index (κ2) is 9.88. The van der Waals surface area contributed by atoms with Gasteiger partial charge in [0.25, 0.3) is 0 Å². The molecule has 0 fully saturated rings. The normalized spacial score (nSPS) is 11.4. The number of hydrogen-bond donors (Lipinski definition) is 2. The lowest BCUT2D eigenvalue weighted by molar-refractivity contribution is -0.647. The van der Waals surface area contributed by atoms with E-state index in [9.17, 15) is 15.0 Å². The summed E-state index contributed by atoms with van der Waals surface area (Å²) in [5.41, 5.74) is 5.65. The van der Waals surface area contributed by atoms with Gasteiger partial charge in [-0.15, -0.1) is 0 Å². The molecule has 0 spiro atoms. The largest absolute Gasteiger partial charge is 0.502 e. The number of nitrogens with zero attached hydrogens (tertiary/aromatic N) is 1. The van der Waals surface area contributed by atoms with Crippen molar-refractivity contribution in [1.29, 1.82) is 0 Å². The lowest BCUT2D eigenvalue weighted by Gasteiger charge is -2.19. The first-order valence-corrected chi connectivity index (χ1v) is 11.8. The van der Waals surface area contributed by atoms with Gasteiger partial charge in [0.05, 0.1) is 5.39 Å². The van der Waals surface area contributed by atoms with Crippen molar-refractivity contribution in [2.24, 2.45) is 7.05 Å². The topological polar surface area (TPSA) is 61.4 Å². The van der Waals surface area contributed by atoms with Crippen molar-refractivity contribution in [2.75, 3.05) is 0 Å². The summed E-state index contributed by atoms with van der Waals surface area (Å²) in [5, 5.41) is 21.1. The minimum Gasteiger partial charge on any atom is -0.502 e. The van der Waals surface area contributed by atoms with Crippen LogP contribution in [0.15, 0.2) is 109 Å². The molecule has 176 valence electrons. The Hall–Kier alpha value is -4.70. The predicted molar refractivity (Wildman–Crippen MR) is 143 cm³/mol. The van der Waals surface area contributed by atoms with Gasteiger partial charge in [0.15, 0.2) is 0 Å². The first-order valence-electron chi connectivity index (χ1n) is 11.8. The second-order valence-electron chi connectivity index (χ2n) is 8.74. The smallest absolute Gasteiger partial charge is 0.340 e. The van der Waals surface area contributed by atoms with Gasteiger partial charge in [0.2, 0.25) is 17.0 Å². The maximum Gasteiger partial charge on any atom is 0.340 e. The Morgan fingerprint density at radius 1 is 0.722 bits per heavy atom. The number of rotatable bonds is 6. The van der Waals surface area contributed by atoms with Crippen molar-refractivity contribution in [2.45, 2.75) is 5.92 Å². The molecular weight excluding hydrogens is 446 g/mol. The zero-order valence-electron chi connectivity index (χ0n) is 19.9. The molecule has 0 aliphatic rings. The number of carbonyl (C=O) groups is 1. The van der Waals surface area contributed by atoms with Crippen LogP contribution in [0.1, 0.15) is 44.2 Å². The highest BCUT2D eigenvalue weighted by molar-refractivity contribution is 6.05. The van der Waals surface area contributed by atoms with Crippen molar-refractivity contribution in [3.05, 3.63) is 143 Å². The fourth-order valence-electron chi connectivity index (χ4n) is 4.77. The molecule has 0 amide bonds. The standard InChI is InChI=1S/C32H25NO3/c1-33-27-15-9-8-14-26(27)30(32(35)36)31(34)28(33)21-18-22-16-19-25(20-17-22)29(23-10-4-2-5-11-23)24-12-6-3-7-13-24/h2-21,29H,1H3,(H-,34,35,36)/p+1. The summed E-state index contributed by atoms with van der Waals surface area (Å²) in [5.74, 6) is -1.29. The third-order valence-corrected chi connectivity index (χ3v) is 6.56. The average Bonchev–Trinajstić information content (AvgIpc) is 2.91. The third kappa shape index (κ3) is 4.37. The second-order valence-corrected chi connectivity index (χ2v) is 8.74. The van der Waals surface area contributed by atoms with Gasteiger partial charge in [-0.3, -0.25) is 0 Å². The number of aromatic nitrogens is 1. The van der Waals surface area contributed by atoms with Crippen LogP contribution in [-0.2, 0) is 7.05 Å². The summed E-state index contributed by atoms with van der Waals surface area (Å²) in [6.45, 7) is 0. The number of pyridine rings is 1. The van der Waals surface area contributed by atoms with Crippen molar-refractivity contribution < 1.29 is 19.6 Å². The molecule has 0 radical (unpaired) electrons. The summed E-state index contributed by atoms with van der Waals surface area (Å²) in [7, 11) is 1.82. The molecule has 0 bridgehead atoms. The quantitative estimate of drug-likeness (QED) is 0.221. The van der Waals surface area contributed by atoms with Crippen molar-refractivity contribution in [1.82, 2.24) is 0 Å².